The first-order valence-electron chi connectivity index (χ1n) is 11.4. The molecule has 1 amide bonds. The summed E-state index contributed by atoms with van der Waals surface area (Å²) in [7, 11) is 0. The number of rotatable bonds is 4. The predicted molar refractivity (Wildman–Crippen MR) is 141 cm³/mol. The number of benzene rings is 2. The van der Waals surface area contributed by atoms with Gasteiger partial charge in [-0.25, -0.2) is 19.9 Å². The van der Waals surface area contributed by atoms with Gasteiger partial charge in [0.05, 0.1) is 16.6 Å². The van der Waals surface area contributed by atoms with E-state index < -0.39 is 17.6 Å². The second-order valence-electron chi connectivity index (χ2n) is 8.59. The Labute approximate surface area is 224 Å². The minimum absolute atomic E-state index is 0.00843. The number of anilines is 2. The molecule has 0 fully saturated rings. The Morgan fingerprint density at radius 3 is 2.51 bits per heavy atom. The third-order valence-corrected chi connectivity index (χ3v) is 6.20. The third kappa shape index (κ3) is 5.16. The van der Waals surface area contributed by atoms with Gasteiger partial charge in [-0.15, -0.1) is 0 Å². The molecule has 0 aliphatic heterocycles. The average Bonchev–Trinajstić information content (AvgIpc) is 2.88. The first-order valence-corrected chi connectivity index (χ1v) is 11.7. The molecule has 0 radical (unpaired) electrons. The van der Waals surface area contributed by atoms with Gasteiger partial charge >= 0.3 is 6.18 Å². The van der Waals surface area contributed by atoms with Crippen molar-refractivity contribution in [1.29, 1.82) is 0 Å². The summed E-state index contributed by atoms with van der Waals surface area (Å²) in [4.78, 5) is 29.1. The lowest BCUT2D eigenvalue weighted by Crippen LogP contribution is -2.14. The summed E-state index contributed by atoms with van der Waals surface area (Å²) in [6.07, 6.45) is -0.623. The molecule has 3 heterocycles. The maximum Gasteiger partial charge on any atom is 0.416 e. The highest BCUT2D eigenvalue weighted by Gasteiger charge is 2.31. The number of phenols is 1. The lowest BCUT2D eigenvalue weighted by molar-refractivity contribution is -0.137. The smallest absolute Gasteiger partial charge is 0.416 e. The Bertz CT molecular complexity index is 1760. The van der Waals surface area contributed by atoms with Crippen molar-refractivity contribution in [3.8, 4) is 28.0 Å². The number of fused-ring (bicyclic) bond motifs is 1. The molecule has 0 spiro atoms. The van der Waals surface area contributed by atoms with Crippen LogP contribution in [0.25, 0.3) is 33.2 Å². The summed E-state index contributed by atoms with van der Waals surface area (Å²) in [5.74, 6) is -1.07. The number of alkyl halides is 3. The van der Waals surface area contributed by atoms with E-state index in [1.165, 1.54) is 24.5 Å². The Kier molecular flexibility index (Phi) is 6.52. The van der Waals surface area contributed by atoms with Gasteiger partial charge in [0.15, 0.2) is 0 Å². The Balaban J connectivity index is 1.62. The molecule has 12 heteroatoms. The summed E-state index contributed by atoms with van der Waals surface area (Å²) < 4.78 is 39.2. The van der Waals surface area contributed by atoms with Crippen molar-refractivity contribution in [3.63, 3.8) is 0 Å². The summed E-state index contributed by atoms with van der Waals surface area (Å²) in [5.41, 5.74) is 7.84. The highest BCUT2D eigenvalue weighted by atomic mass is 35.5. The number of amides is 1. The number of aromatic hydroxyl groups is 1. The van der Waals surface area contributed by atoms with Crippen LogP contribution in [0.4, 0.5) is 24.9 Å². The number of hydrogen-bond donors (Lipinski definition) is 3. The van der Waals surface area contributed by atoms with E-state index in [0.29, 0.717) is 38.7 Å². The molecule has 0 aliphatic carbocycles. The third-order valence-electron chi connectivity index (χ3n) is 6.00. The topological polar surface area (TPSA) is 127 Å². The molecule has 2 aromatic carbocycles. The molecule has 4 N–H and O–H groups in total. The van der Waals surface area contributed by atoms with Crippen LogP contribution in [0.2, 0.25) is 5.15 Å². The largest absolute Gasteiger partial charge is 0.507 e. The number of pyridine rings is 2. The van der Waals surface area contributed by atoms with Gasteiger partial charge in [-0.3, -0.25) is 4.79 Å². The molecular weight excluding hydrogens is 533 g/mol. The molecule has 5 aromatic rings. The molecule has 0 saturated heterocycles. The van der Waals surface area contributed by atoms with Crippen molar-refractivity contribution in [3.05, 3.63) is 89.0 Å². The van der Waals surface area contributed by atoms with Crippen LogP contribution in [-0.2, 0) is 6.18 Å². The zero-order chi connectivity index (χ0) is 27.9. The summed E-state index contributed by atoms with van der Waals surface area (Å²) in [6.45, 7) is 1.79. The van der Waals surface area contributed by atoms with E-state index in [2.05, 4.69) is 25.3 Å². The van der Waals surface area contributed by atoms with Gasteiger partial charge in [-0.1, -0.05) is 17.7 Å². The van der Waals surface area contributed by atoms with Crippen LogP contribution >= 0.6 is 11.6 Å². The SMILES string of the molecule is Cc1ccc(C(=O)Nc2cc(C(F)(F)F)ccn2)cc1-c1cc2cnc(N)nc2c(-c2ccnc(Cl)c2)c1O. The van der Waals surface area contributed by atoms with Gasteiger partial charge < -0.3 is 16.2 Å². The molecule has 0 unspecified atom stereocenters. The lowest BCUT2D eigenvalue weighted by atomic mass is 9.91. The normalized spacial score (nSPS) is 11.5. The minimum Gasteiger partial charge on any atom is -0.507 e. The molecule has 3 aromatic heterocycles. The van der Waals surface area contributed by atoms with E-state index in [-0.39, 0.29) is 28.2 Å². The molecule has 39 heavy (non-hydrogen) atoms. The van der Waals surface area contributed by atoms with Crippen molar-refractivity contribution in [2.24, 2.45) is 0 Å². The van der Waals surface area contributed by atoms with E-state index in [9.17, 15) is 23.1 Å². The first kappa shape index (κ1) is 25.9. The molecular formula is C27H18ClF3N6O2. The number of nitrogen functional groups attached to an aromatic ring is 1. The highest BCUT2D eigenvalue weighted by Crippen LogP contribution is 2.44. The van der Waals surface area contributed by atoms with Gasteiger partial charge in [0.2, 0.25) is 5.95 Å². The van der Waals surface area contributed by atoms with Gasteiger partial charge in [-0.05, 0) is 66.1 Å². The Hall–Kier alpha value is -4.77. The number of hydrogen-bond acceptors (Lipinski definition) is 7. The number of nitrogens with zero attached hydrogens (tertiary/aromatic N) is 4. The molecule has 8 nitrogen and oxygen atoms in total. The summed E-state index contributed by atoms with van der Waals surface area (Å²) in [5, 5.41) is 14.6. The van der Waals surface area contributed by atoms with Crippen LogP contribution in [0.5, 0.6) is 5.75 Å². The Morgan fingerprint density at radius 1 is 1.00 bits per heavy atom. The quantitative estimate of drug-likeness (QED) is 0.225. The van der Waals surface area contributed by atoms with Crippen LogP contribution < -0.4 is 11.1 Å². The number of halogens is 4. The Morgan fingerprint density at radius 2 is 1.77 bits per heavy atom. The van der Waals surface area contributed by atoms with Crippen LogP contribution in [-0.4, -0.2) is 30.9 Å². The lowest BCUT2D eigenvalue weighted by Gasteiger charge is -2.16. The van der Waals surface area contributed by atoms with E-state index in [4.69, 9.17) is 17.3 Å². The van der Waals surface area contributed by atoms with Crippen molar-refractivity contribution >= 4 is 40.2 Å². The number of aryl methyl sites for hydroxylation is 1. The van der Waals surface area contributed by atoms with Crippen LogP contribution in [0.3, 0.4) is 0 Å². The maximum absolute atomic E-state index is 13.1. The van der Waals surface area contributed by atoms with Crippen LogP contribution in [0.1, 0.15) is 21.5 Å². The molecule has 0 bridgehead atoms. The number of nitrogens with two attached hydrogens (primary N) is 1. The molecule has 0 atom stereocenters. The molecule has 0 saturated carbocycles. The minimum atomic E-state index is -4.59. The fraction of sp³-hybridized carbons (Fsp3) is 0.0741. The van der Waals surface area contributed by atoms with Crippen molar-refractivity contribution in [2.45, 2.75) is 13.1 Å². The predicted octanol–water partition coefficient (Wildman–Crippen LogP) is 6.27. The van der Waals surface area contributed by atoms with Crippen molar-refractivity contribution < 1.29 is 23.1 Å². The highest BCUT2D eigenvalue weighted by molar-refractivity contribution is 6.29. The van der Waals surface area contributed by atoms with E-state index in [0.717, 1.165) is 18.3 Å². The van der Waals surface area contributed by atoms with E-state index >= 15 is 0 Å². The fourth-order valence-corrected chi connectivity index (χ4v) is 4.31. The number of phenolic OH excluding ortho intramolecular Hbond substituents is 1. The average molecular weight is 551 g/mol. The van der Waals surface area contributed by atoms with Gasteiger partial charge in [0, 0.05) is 35.1 Å². The number of nitrogens with one attached hydrogen (secondary N) is 1. The van der Waals surface area contributed by atoms with Crippen molar-refractivity contribution in [1.82, 2.24) is 19.9 Å². The van der Waals surface area contributed by atoms with Gasteiger partial charge in [-0.2, -0.15) is 13.2 Å². The van der Waals surface area contributed by atoms with Crippen LogP contribution in [0.15, 0.2) is 67.1 Å². The number of carbonyl (C=O) groups excluding carboxylic acids is 1. The number of aromatic nitrogens is 4. The van der Waals surface area contributed by atoms with E-state index in [1.807, 2.05) is 0 Å². The molecule has 0 aliphatic rings. The molecule has 196 valence electrons. The molecule has 5 rings (SSSR count). The zero-order valence-corrected chi connectivity index (χ0v) is 20.8. The fourth-order valence-electron chi connectivity index (χ4n) is 4.14. The van der Waals surface area contributed by atoms with E-state index in [1.54, 1.807) is 31.2 Å². The zero-order valence-electron chi connectivity index (χ0n) is 20.1. The standard InChI is InChI=1S/C27H18ClF3N6O2/c1-13-2-3-15(25(39)36-21-11-17(5-7-34-21)27(29,30)31)8-18(13)19-9-16-12-35-26(32)37-23(16)22(24(19)38)14-4-6-33-20(28)10-14/h2-12,38H,1H3,(H2,32,35,37)(H,34,36,39). The first-order chi connectivity index (χ1) is 18.5. The summed E-state index contributed by atoms with van der Waals surface area (Å²) >= 11 is 6.11. The second kappa shape index (κ2) is 9.84. The van der Waals surface area contributed by atoms with Crippen molar-refractivity contribution in [2.75, 3.05) is 11.1 Å². The van der Waals surface area contributed by atoms with Gasteiger partial charge in [0.1, 0.15) is 16.7 Å². The van der Waals surface area contributed by atoms with Gasteiger partial charge in [0.25, 0.3) is 5.91 Å². The maximum atomic E-state index is 13.1. The second-order valence-corrected chi connectivity index (χ2v) is 8.98. The summed E-state index contributed by atoms with van der Waals surface area (Å²) in [6, 6.07) is 11.2. The number of carbonyl (C=O) groups is 1. The van der Waals surface area contributed by atoms with Crippen LogP contribution in [0, 0.1) is 6.92 Å². The monoisotopic (exact) mass is 550 g/mol.